The number of rotatable bonds is 3. The largest absolute Gasteiger partial charge is 0.534 e. The van der Waals surface area contributed by atoms with Gasteiger partial charge in [0.15, 0.2) is 0 Å². The lowest BCUT2D eigenvalue weighted by atomic mass is 9.94. The van der Waals surface area contributed by atoms with E-state index < -0.39 is 58.1 Å². The molecule has 0 unspecified atom stereocenters. The average molecular weight is 310 g/mol. The van der Waals surface area contributed by atoms with Crippen molar-refractivity contribution in [1.82, 2.24) is 0 Å². The van der Waals surface area contributed by atoms with Gasteiger partial charge in [0, 0.05) is 19.3 Å². The second-order valence-corrected chi connectivity index (χ2v) is 5.26. The number of halogens is 5. The minimum atomic E-state index is -6.07. The highest BCUT2D eigenvalue weighted by molar-refractivity contribution is 7.87. The zero-order valence-corrected chi connectivity index (χ0v) is 9.82. The van der Waals surface area contributed by atoms with E-state index in [-0.39, 0.29) is 0 Å². The van der Waals surface area contributed by atoms with Crippen molar-refractivity contribution in [2.24, 2.45) is 0 Å². The van der Waals surface area contributed by atoms with Crippen LogP contribution in [0, 0.1) is 0 Å². The molecule has 0 aromatic carbocycles. The molecule has 0 saturated carbocycles. The first kappa shape index (κ1) is 15.7. The zero-order chi connectivity index (χ0) is 15.1. The number of hydrogen-bond donors (Lipinski definition) is 1. The monoisotopic (exact) mass is 310 g/mol. The number of carboxylic acid groups (broad SMARTS) is 1. The Hall–Kier alpha value is -1.39. The van der Waals surface area contributed by atoms with Crippen molar-refractivity contribution in [2.45, 2.75) is 30.7 Å². The van der Waals surface area contributed by atoms with Gasteiger partial charge in [-0.1, -0.05) is 0 Å². The van der Waals surface area contributed by atoms with Crippen LogP contribution in [0.25, 0.3) is 0 Å². The Kier molecular flexibility index (Phi) is 3.81. The molecular weight excluding hydrogens is 303 g/mol. The van der Waals surface area contributed by atoms with Crippen LogP contribution in [0.2, 0.25) is 0 Å². The molecule has 0 spiro atoms. The standard InChI is InChI=1S/C8H7F5O5S/c9-7(10)2-1-5(4(3-7)6(14)15)18-19(16,17)8(11,12)13/h1-3H2,(H,14,15). The van der Waals surface area contributed by atoms with Crippen LogP contribution >= 0.6 is 0 Å². The Bertz CT molecular complexity index is 518. The Morgan fingerprint density at radius 2 is 1.84 bits per heavy atom. The molecule has 11 heteroatoms. The van der Waals surface area contributed by atoms with E-state index in [0.717, 1.165) is 0 Å². The van der Waals surface area contributed by atoms with Gasteiger partial charge in [0.05, 0.1) is 5.57 Å². The molecule has 1 aliphatic carbocycles. The number of hydrogen-bond acceptors (Lipinski definition) is 4. The third-order valence-corrected chi connectivity index (χ3v) is 3.23. The molecule has 0 aliphatic heterocycles. The maximum atomic E-state index is 12.9. The lowest BCUT2D eigenvalue weighted by Crippen LogP contribution is -2.30. The maximum absolute atomic E-state index is 12.9. The molecule has 0 heterocycles. The van der Waals surface area contributed by atoms with Gasteiger partial charge in [0.2, 0.25) is 0 Å². The molecule has 0 aromatic rings. The first-order valence-electron chi connectivity index (χ1n) is 4.70. The number of carbonyl (C=O) groups is 1. The minimum absolute atomic E-state index is 0.913. The Morgan fingerprint density at radius 1 is 1.32 bits per heavy atom. The van der Waals surface area contributed by atoms with Crippen LogP contribution in [-0.4, -0.2) is 30.9 Å². The summed E-state index contributed by atoms with van der Waals surface area (Å²) in [6.07, 6.45) is -3.29. The van der Waals surface area contributed by atoms with E-state index >= 15 is 0 Å². The van der Waals surface area contributed by atoms with Crippen LogP contribution in [-0.2, 0) is 19.1 Å². The van der Waals surface area contributed by atoms with Crippen LogP contribution in [0.4, 0.5) is 22.0 Å². The van der Waals surface area contributed by atoms with E-state index in [1.807, 2.05) is 0 Å². The SMILES string of the molecule is O=C(O)C1=C(OS(=O)(=O)C(F)(F)F)CCC(F)(F)C1. The second kappa shape index (κ2) is 4.62. The smallest absolute Gasteiger partial charge is 0.478 e. The first-order chi connectivity index (χ1) is 8.36. The maximum Gasteiger partial charge on any atom is 0.534 e. The van der Waals surface area contributed by atoms with E-state index in [4.69, 9.17) is 5.11 Å². The van der Waals surface area contributed by atoms with Crippen LogP contribution in [0.5, 0.6) is 0 Å². The third-order valence-electron chi connectivity index (χ3n) is 2.24. The van der Waals surface area contributed by atoms with Crippen molar-refractivity contribution in [3.8, 4) is 0 Å². The summed E-state index contributed by atoms with van der Waals surface area (Å²) in [6, 6.07) is 0. The third kappa shape index (κ3) is 3.55. The Labute approximate surface area is 103 Å². The van der Waals surface area contributed by atoms with Crippen molar-refractivity contribution in [3.05, 3.63) is 11.3 Å². The van der Waals surface area contributed by atoms with Gasteiger partial charge in [-0.25, -0.2) is 13.6 Å². The summed E-state index contributed by atoms with van der Waals surface area (Å²) in [5.74, 6) is -6.50. The highest BCUT2D eigenvalue weighted by Gasteiger charge is 2.50. The Morgan fingerprint density at radius 3 is 2.26 bits per heavy atom. The van der Waals surface area contributed by atoms with Crippen molar-refractivity contribution >= 4 is 16.1 Å². The zero-order valence-electron chi connectivity index (χ0n) is 9.00. The fourth-order valence-corrected chi connectivity index (χ4v) is 1.90. The topological polar surface area (TPSA) is 80.7 Å². The van der Waals surface area contributed by atoms with Crippen LogP contribution < -0.4 is 0 Å². The normalized spacial score (nSPS) is 20.3. The summed E-state index contributed by atoms with van der Waals surface area (Å²) >= 11 is 0. The number of carboxylic acids is 1. The van der Waals surface area contributed by atoms with E-state index in [1.165, 1.54) is 0 Å². The fraction of sp³-hybridized carbons (Fsp3) is 0.625. The number of alkyl halides is 5. The molecule has 5 nitrogen and oxygen atoms in total. The molecule has 0 fully saturated rings. The summed E-state index contributed by atoms with van der Waals surface area (Å²) in [6.45, 7) is 0. The molecule has 0 amide bonds. The molecule has 0 aromatic heterocycles. The van der Waals surface area contributed by atoms with Gasteiger partial charge in [-0.2, -0.15) is 21.6 Å². The molecule has 1 rings (SSSR count). The van der Waals surface area contributed by atoms with E-state index in [9.17, 15) is 35.2 Å². The van der Waals surface area contributed by atoms with Crippen LogP contribution in [0.15, 0.2) is 11.3 Å². The summed E-state index contributed by atoms with van der Waals surface area (Å²) < 4.78 is 87.0. The molecule has 0 bridgehead atoms. The predicted molar refractivity (Wildman–Crippen MR) is 49.5 cm³/mol. The lowest BCUT2D eigenvalue weighted by Gasteiger charge is -2.24. The molecule has 110 valence electrons. The first-order valence-corrected chi connectivity index (χ1v) is 6.10. The second-order valence-electron chi connectivity index (χ2n) is 3.72. The summed E-state index contributed by atoms with van der Waals surface area (Å²) in [5, 5.41) is 8.59. The van der Waals surface area contributed by atoms with E-state index in [1.54, 1.807) is 0 Å². The van der Waals surface area contributed by atoms with Crippen LogP contribution in [0.3, 0.4) is 0 Å². The summed E-state index contributed by atoms with van der Waals surface area (Å²) in [7, 11) is -6.07. The van der Waals surface area contributed by atoms with Gasteiger partial charge < -0.3 is 9.29 Å². The van der Waals surface area contributed by atoms with Crippen molar-refractivity contribution in [1.29, 1.82) is 0 Å². The highest BCUT2D eigenvalue weighted by atomic mass is 32.2. The van der Waals surface area contributed by atoms with E-state index in [0.29, 0.717) is 0 Å². The molecule has 1 N–H and O–H groups in total. The molecule has 0 radical (unpaired) electrons. The van der Waals surface area contributed by atoms with Gasteiger partial charge in [-0.3, -0.25) is 0 Å². The molecular formula is C8H7F5O5S. The van der Waals surface area contributed by atoms with Crippen LogP contribution in [0.1, 0.15) is 19.3 Å². The number of allylic oxidation sites excluding steroid dienone is 1. The van der Waals surface area contributed by atoms with Gasteiger partial charge in [-0.15, -0.1) is 0 Å². The van der Waals surface area contributed by atoms with Gasteiger partial charge in [0.25, 0.3) is 5.92 Å². The average Bonchev–Trinajstić information content (AvgIpc) is 2.18. The lowest BCUT2D eigenvalue weighted by molar-refractivity contribution is -0.134. The summed E-state index contributed by atoms with van der Waals surface area (Å²) in [4.78, 5) is 10.6. The Balaban J connectivity index is 3.14. The summed E-state index contributed by atoms with van der Waals surface area (Å²) in [5.41, 5.74) is -6.94. The van der Waals surface area contributed by atoms with Gasteiger partial charge in [0.1, 0.15) is 5.76 Å². The fourth-order valence-electron chi connectivity index (χ4n) is 1.36. The molecule has 0 atom stereocenters. The van der Waals surface area contributed by atoms with Gasteiger partial charge in [-0.05, 0) is 0 Å². The number of aliphatic carboxylic acids is 1. The van der Waals surface area contributed by atoms with Crippen molar-refractivity contribution in [3.63, 3.8) is 0 Å². The van der Waals surface area contributed by atoms with E-state index in [2.05, 4.69) is 4.18 Å². The molecule has 1 aliphatic rings. The van der Waals surface area contributed by atoms with Gasteiger partial charge >= 0.3 is 21.6 Å². The molecule has 19 heavy (non-hydrogen) atoms. The van der Waals surface area contributed by atoms with Crippen molar-refractivity contribution in [2.75, 3.05) is 0 Å². The van der Waals surface area contributed by atoms with Crippen molar-refractivity contribution < 1.29 is 44.5 Å². The minimum Gasteiger partial charge on any atom is -0.478 e. The molecule has 0 saturated heterocycles. The predicted octanol–water partition coefficient (Wildman–Crippen LogP) is 2.01. The highest BCUT2D eigenvalue weighted by Crippen LogP contribution is 2.39. The quantitative estimate of drug-likeness (QED) is 0.490.